The molecule has 0 fully saturated rings. The molecule has 0 radical (unpaired) electrons. The van der Waals surface area contributed by atoms with Crippen molar-refractivity contribution in [3.63, 3.8) is 0 Å². The number of hydrogen-bond donors (Lipinski definition) is 1. The van der Waals surface area contributed by atoms with Gasteiger partial charge in [-0.2, -0.15) is 0 Å². The molecule has 0 unspecified atom stereocenters. The molecule has 6 heteroatoms. The van der Waals surface area contributed by atoms with Crippen molar-refractivity contribution in [3.8, 4) is 5.69 Å². The van der Waals surface area contributed by atoms with E-state index in [-0.39, 0.29) is 5.69 Å². The number of rotatable bonds is 2. The maximum Gasteiger partial charge on any atom is 0.358 e. The fraction of sp³-hybridized carbons (Fsp3) is 0.357. The molecule has 5 nitrogen and oxygen atoms in total. The third-order valence-corrected chi connectivity index (χ3v) is 3.23. The van der Waals surface area contributed by atoms with E-state index in [0.717, 1.165) is 5.56 Å². The van der Waals surface area contributed by atoms with E-state index < -0.39 is 11.4 Å². The van der Waals surface area contributed by atoms with E-state index in [1.54, 1.807) is 6.07 Å². The maximum absolute atomic E-state index is 11.3. The Labute approximate surface area is 122 Å². The van der Waals surface area contributed by atoms with Crippen LogP contribution < -0.4 is 0 Å². The minimum Gasteiger partial charge on any atom is -0.476 e. The SMILES string of the molecule is Cc1ccc(Cl)c(-n2nnc(C(=O)O)c2C(C)(C)C)c1. The largest absolute Gasteiger partial charge is 0.476 e. The summed E-state index contributed by atoms with van der Waals surface area (Å²) in [6, 6.07) is 5.51. The molecule has 1 aromatic carbocycles. The molecule has 0 spiro atoms. The summed E-state index contributed by atoms with van der Waals surface area (Å²) < 4.78 is 1.51. The van der Waals surface area contributed by atoms with Crippen LogP contribution in [0, 0.1) is 6.92 Å². The first-order valence-electron chi connectivity index (χ1n) is 6.18. The number of carbonyl (C=O) groups is 1. The number of aryl methyl sites for hydroxylation is 1. The molecule has 0 bridgehead atoms. The molecule has 0 amide bonds. The summed E-state index contributed by atoms with van der Waals surface area (Å²) in [7, 11) is 0. The van der Waals surface area contributed by atoms with E-state index in [2.05, 4.69) is 10.3 Å². The first-order chi connectivity index (χ1) is 9.21. The Hall–Kier alpha value is -1.88. The minimum absolute atomic E-state index is 0.0462. The highest BCUT2D eigenvalue weighted by atomic mass is 35.5. The predicted molar refractivity (Wildman–Crippen MR) is 76.8 cm³/mol. The smallest absolute Gasteiger partial charge is 0.358 e. The van der Waals surface area contributed by atoms with Gasteiger partial charge in [-0.1, -0.05) is 43.7 Å². The van der Waals surface area contributed by atoms with Gasteiger partial charge in [-0.3, -0.25) is 0 Å². The van der Waals surface area contributed by atoms with Crippen LogP contribution in [0.2, 0.25) is 5.02 Å². The number of aromatic carboxylic acids is 1. The standard InChI is InChI=1S/C14H16ClN3O2/c1-8-5-6-9(15)10(7-8)18-12(14(2,3)4)11(13(19)20)16-17-18/h5-7H,1-4H3,(H,19,20). The van der Waals surface area contributed by atoms with E-state index in [4.69, 9.17) is 11.6 Å². The number of carboxylic acids is 1. The van der Waals surface area contributed by atoms with Gasteiger partial charge in [-0.05, 0) is 24.6 Å². The lowest BCUT2D eigenvalue weighted by atomic mass is 9.90. The zero-order chi connectivity index (χ0) is 15.1. The van der Waals surface area contributed by atoms with Crippen molar-refractivity contribution in [3.05, 3.63) is 40.2 Å². The summed E-state index contributed by atoms with van der Waals surface area (Å²) in [4.78, 5) is 11.3. The number of halogens is 1. The molecule has 106 valence electrons. The van der Waals surface area contributed by atoms with E-state index in [1.165, 1.54) is 4.68 Å². The molecule has 0 aliphatic heterocycles. The summed E-state index contributed by atoms with van der Waals surface area (Å²) in [5.74, 6) is -1.09. The van der Waals surface area contributed by atoms with Crippen LogP contribution in [0.15, 0.2) is 18.2 Å². The van der Waals surface area contributed by atoms with Crippen molar-refractivity contribution < 1.29 is 9.90 Å². The molecule has 2 rings (SSSR count). The van der Waals surface area contributed by atoms with Crippen molar-refractivity contribution >= 4 is 17.6 Å². The third kappa shape index (κ3) is 2.54. The van der Waals surface area contributed by atoms with Gasteiger partial charge in [0, 0.05) is 5.41 Å². The normalized spacial score (nSPS) is 11.7. The van der Waals surface area contributed by atoms with Crippen LogP contribution in [0.25, 0.3) is 5.69 Å². The van der Waals surface area contributed by atoms with Crippen molar-refractivity contribution in [1.29, 1.82) is 0 Å². The van der Waals surface area contributed by atoms with E-state index >= 15 is 0 Å². The molecule has 1 heterocycles. The Morgan fingerprint density at radius 2 is 2.00 bits per heavy atom. The Morgan fingerprint density at radius 3 is 2.55 bits per heavy atom. The van der Waals surface area contributed by atoms with Crippen molar-refractivity contribution in [2.45, 2.75) is 33.1 Å². The molecule has 1 N–H and O–H groups in total. The molecule has 2 aromatic rings. The van der Waals surface area contributed by atoms with Gasteiger partial charge < -0.3 is 5.11 Å². The van der Waals surface area contributed by atoms with Gasteiger partial charge in [0.2, 0.25) is 0 Å². The Balaban J connectivity index is 2.75. The van der Waals surface area contributed by atoms with Crippen LogP contribution in [0.5, 0.6) is 0 Å². The summed E-state index contributed by atoms with van der Waals surface area (Å²) in [6.07, 6.45) is 0. The molecular weight excluding hydrogens is 278 g/mol. The lowest BCUT2D eigenvalue weighted by Crippen LogP contribution is -2.21. The Kier molecular flexibility index (Phi) is 3.56. The van der Waals surface area contributed by atoms with Gasteiger partial charge in [-0.25, -0.2) is 9.48 Å². The highest BCUT2D eigenvalue weighted by Crippen LogP contribution is 2.30. The maximum atomic E-state index is 11.3. The molecule has 0 saturated heterocycles. The van der Waals surface area contributed by atoms with Crippen molar-refractivity contribution in [2.24, 2.45) is 0 Å². The summed E-state index contributed by atoms with van der Waals surface area (Å²) in [5.41, 5.74) is 1.70. The second-order valence-electron chi connectivity index (χ2n) is 5.71. The van der Waals surface area contributed by atoms with E-state index in [9.17, 15) is 9.90 Å². The predicted octanol–water partition coefficient (Wildman–Crippen LogP) is 3.22. The lowest BCUT2D eigenvalue weighted by Gasteiger charge is -2.21. The molecule has 1 aromatic heterocycles. The molecule has 20 heavy (non-hydrogen) atoms. The average Bonchev–Trinajstić information content (AvgIpc) is 2.76. The van der Waals surface area contributed by atoms with Gasteiger partial charge in [0.25, 0.3) is 0 Å². The average molecular weight is 294 g/mol. The second-order valence-corrected chi connectivity index (χ2v) is 6.12. The minimum atomic E-state index is -1.09. The molecule has 0 atom stereocenters. The number of carboxylic acid groups (broad SMARTS) is 1. The number of nitrogens with zero attached hydrogens (tertiary/aromatic N) is 3. The van der Waals surface area contributed by atoms with Crippen LogP contribution in [0.4, 0.5) is 0 Å². The Bertz CT molecular complexity index is 672. The zero-order valence-electron chi connectivity index (χ0n) is 11.8. The summed E-state index contributed by atoms with van der Waals surface area (Å²) >= 11 is 6.21. The monoisotopic (exact) mass is 293 g/mol. The van der Waals surface area contributed by atoms with Gasteiger partial charge in [0.05, 0.1) is 16.4 Å². The highest BCUT2D eigenvalue weighted by molar-refractivity contribution is 6.32. The van der Waals surface area contributed by atoms with Crippen molar-refractivity contribution in [1.82, 2.24) is 15.0 Å². The van der Waals surface area contributed by atoms with E-state index in [0.29, 0.717) is 16.4 Å². The fourth-order valence-electron chi connectivity index (χ4n) is 2.05. The van der Waals surface area contributed by atoms with Crippen LogP contribution in [0.1, 0.15) is 42.5 Å². The van der Waals surface area contributed by atoms with Crippen LogP contribution in [-0.4, -0.2) is 26.1 Å². The summed E-state index contributed by atoms with van der Waals surface area (Å²) in [5, 5.41) is 17.5. The highest BCUT2D eigenvalue weighted by Gasteiger charge is 2.30. The number of aromatic nitrogens is 3. The molecular formula is C14H16ClN3O2. The van der Waals surface area contributed by atoms with Gasteiger partial charge >= 0.3 is 5.97 Å². The Morgan fingerprint density at radius 1 is 1.35 bits per heavy atom. The van der Waals surface area contributed by atoms with E-state index in [1.807, 2.05) is 39.8 Å². The number of hydrogen-bond acceptors (Lipinski definition) is 3. The van der Waals surface area contributed by atoms with Gasteiger partial charge in [0.1, 0.15) is 0 Å². The molecule has 0 aliphatic rings. The van der Waals surface area contributed by atoms with Crippen LogP contribution in [0.3, 0.4) is 0 Å². The first-order valence-corrected chi connectivity index (χ1v) is 6.55. The topological polar surface area (TPSA) is 68.0 Å². The van der Waals surface area contributed by atoms with Crippen molar-refractivity contribution in [2.75, 3.05) is 0 Å². The summed E-state index contributed by atoms with van der Waals surface area (Å²) in [6.45, 7) is 7.68. The van der Waals surface area contributed by atoms with Gasteiger partial charge in [0.15, 0.2) is 5.69 Å². The lowest BCUT2D eigenvalue weighted by molar-refractivity contribution is 0.0687. The van der Waals surface area contributed by atoms with Gasteiger partial charge in [-0.15, -0.1) is 5.10 Å². The second kappa shape index (κ2) is 4.90. The number of benzene rings is 1. The zero-order valence-corrected chi connectivity index (χ0v) is 12.6. The fourth-order valence-corrected chi connectivity index (χ4v) is 2.25. The van der Waals surface area contributed by atoms with Crippen LogP contribution >= 0.6 is 11.6 Å². The third-order valence-electron chi connectivity index (χ3n) is 2.91. The van der Waals surface area contributed by atoms with Crippen LogP contribution in [-0.2, 0) is 5.41 Å². The quantitative estimate of drug-likeness (QED) is 0.923. The first kappa shape index (κ1) is 14.5. The molecule has 0 saturated carbocycles. The molecule has 0 aliphatic carbocycles.